The van der Waals surface area contributed by atoms with Crippen molar-refractivity contribution >= 4 is 17.5 Å². The fraction of sp³-hybridized carbons (Fsp3) is 0.364. The van der Waals surface area contributed by atoms with Gasteiger partial charge in [0.1, 0.15) is 0 Å². The fourth-order valence-corrected chi connectivity index (χ4v) is 3.45. The van der Waals surface area contributed by atoms with E-state index in [1.807, 2.05) is 48.5 Å². The summed E-state index contributed by atoms with van der Waals surface area (Å²) in [7, 11) is 0. The molecule has 0 atom stereocenters. The SMILES string of the molecule is NCc1ccc(CNC(=O)Cc2ccccc2NC(=O)C2CCCC2)cc1. The minimum Gasteiger partial charge on any atom is -0.352 e. The molecule has 0 heterocycles. The first-order chi connectivity index (χ1) is 13.2. The minimum absolute atomic E-state index is 0.0690. The molecule has 3 rings (SSSR count). The second-order valence-electron chi connectivity index (χ2n) is 7.10. The van der Waals surface area contributed by atoms with Crippen LogP contribution in [0.3, 0.4) is 0 Å². The monoisotopic (exact) mass is 365 g/mol. The van der Waals surface area contributed by atoms with Crippen molar-refractivity contribution in [1.82, 2.24) is 5.32 Å². The van der Waals surface area contributed by atoms with Crippen LogP contribution >= 0.6 is 0 Å². The van der Waals surface area contributed by atoms with Crippen LogP contribution in [0.5, 0.6) is 0 Å². The standard InChI is InChI=1S/C22H27N3O2/c23-14-16-9-11-17(12-10-16)15-24-21(26)13-19-7-3-4-8-20(19)25-22(27)18-5-1-2-6-18/h3-4,7-12,18H,1-2,5-6,13-15,23H2,(H,24,26)(H,25,27). The summed E-state index contributed by atoms with van der Waals surface area (Å²) in [5, 5.41) is 5.95. The number of hydrogen-bond acceptors (Lipinski definition) is 3. The maximum atomic E-state index is 12.4. The van der Waals surface area contributed by atoms with Crippen molar-refractivity contribution in [3.05, 3.63) is 65.2 Å². The lowest BCUT2D eigenvalue weighted by Gasteiger charge is -2.14. The highest BCUT2D eigenvalue weighted by Crippen LogP contribution is 2.26. The molecule has 2 aromatic carbocycles. The topological polar surface area (TPSA) is 84.2 Å². The summed E-state index contributed by atoms with van der Waals surface area (Å²) >= 11 is 0. The molecule has 0 radical (unpaired) electrons. The van der Waals surface area contributed by atoms with Gasteiger partial charge in [0.25, 0.3) is 0 Å². The van der Waals surface area contributed by atoms with Gasteiger partial charge in [-0.3, -0.25) is 9.59 Å². The Morgan fingerprint density at radius 3 is 2.33 bits per heavy atom. The lowest BCUT2D eigenvalue weighted by Crippen LogP contribution is -2.26. The molecule has 1 aliphatic rings. The molecule has 27 heavy (non-hydrogen) atoms. The van der Waals surface area contributed by atoms with Gasteiger partial charge < -0.3 is 16.4 Å². The lowest BCUT2D eigenvalue weighted by atomic mass is 10.1. The molecule has 0 aromatic heterocycles. The Kier molecular flexibility index (Phi) is 6.60. The lowest BCUT2D eigenvalue weighted by molar-refractivity contribution is -0.121. The average molecular weight is 365 g/mol. The molecule has 2 amide bonds. The van der Waals surface area contributed by atoms with E-state index in [1.165, 1.54) is 0 Å². The molecule has 142 valence electrons. The van der Waals surface area contributed by atoms with E-state index in [4.69, 9.17) is 5.73 Å². The maximum absolute atomic E-state index is 12.4. The zero-order chi connectivity index (χ0) is 19.1. The summed E-state index contributed by atoms with van der Waals surface area (Å²) in [6, 6.07) is 15.4. The maximum Gasteiger partial charge on any atom is 0.227 e. The molecule has 0 unspecified atom stereocenters. The van der Waals surface area contributed by atoms with Gasteiger partial charge in [0.05, 0.1) is 6.42 Å². The molecule has 4 N–H and O–H groups in total. The highest BCUT2D eigenvalue weighted by Gasteiger charge is 2.23. The molecule has 1 saturated carbocycles. The molecular weight excluding hydrogens is 338 g/mol. The molecule has 5 nitrogen and oxygen atoms in total. The van der Waals surface area contributed by atoms with Crippen molar-refractivity contribution < 1.29 is 9.59 Å². The van der Waals surface area contributed by atoms with E-state index in [9.17, 15) is 9.59 Å². The molecule has 0 aliphatic heterocycles. The van der Waals surface area contributed by atoms with E-state index < -0.39 is 0 Å². The zero-order valence-corrected chi connectivity index (χ0v) is 15.5. The van der Waals surface area contributed by atoms with E-state index in [1.54, 1.807) is 0 Å². The van der Waals surface area contributed by atoms with E-state index >= 15 is 0 Å². The second-order valence-corrected chi connectivity index (χ2v) is 7.10. The number of anilines is 1. The average Bonchev–Trinajstić information content (AvgIpc) is 3.23. The van der Waals surface area contributed by atoms with Gasteiger partial charge in [0.15, 0.2) is 0 Å². The molecule has 1 fully saturated rings. The van der Waals surface area contributed by atoms with Gasteiger partial charge in [0.2, 0.25) is 11.8 Å². The van der Waals surface area contributed by atoms with E-state index in [0.717, 1.165) is 48.1 Å². The van der Waals surface area contributed by atoms with Crippen molar-refractivity contribution in [1.29, 1.82) is 0 Å². The summed E-state index contributed by atoms with van der Waals surface area (Å²) < 4.78 is 0. The molecule has 0 spiro atoms. The van der Waals surface area contributed by atoms with Crippen LogP contribution in [0.1, 0.15) is 42.4 Å². The summed E-state index contributed by atoms with van der Waals surface area (Å²) in [6.45, 7) is 0.982. The second kappa shape index (κ2) is 9.33. The predicted octanol–water partition coefficient (Wildman–Crippen LogP) is 3.13. The number of amides is 2. The van der Waals surface area contributed by atoms with Crippen LogP contribution in [0.15, 0.2) is 48.5 Å². The zero-order valence-electron chi connectivity index (χ0n) is 15.5. The van der Waals surface area contributed by atoms with Crippen LogP contribution in [0, 0.1) is 5.92 Å². The fourth-order valence-electron chi connectivity index (χ4n) is 3.45. The van der Waals surface area contributed by atoms with E-state index in [2.05, 4.69) is 10.6 Å². The number of nitrogens with two attached hydrogens (primary N) is 1. The van der Waals surface area contributed by atoms with Crippen molar-refractivity contribution in [2.45, 2.75) is 45.2 Å². The normalized spacial score (nSPS) is 14.1. The predicted molar refractivity (Wildman–Crippen MR) is 107 cm³/mol. The van der Waals surface area contributed by atoms with Crippen LogP contribution in [0.25, 0.3) is 0 Å². The van der Waals surface area contributed by atoms with Gasteiger partial charge in [-0.05, 0) is 35.6 Å². The van der Waals surface area contributed by atoms with Crippen molar-refractivity contribution in [2.75, 3.05) is 5.32 Å². The number of nitrogens with one attached hydrogen (secondary N) is 2. The Hall–Kier alpha value is -2.66. The molecule has 5 heteroatoms. The molecule has 0 bridgehead atoms. The number of para-hydroxylation sites is 1. The molecule has 0 saturated heterocycles. The Bertz CT molecular complexity index is 780. The van der Waals surface area contributed by atoms with Gasteiger partial charge in [-0.25, -0.2) is 0 Å². The first-order valence-electron chi connectivity index (χ1n) is 9.59. The van der Waals surface area contributed by atoms with E-state index in [-0.39, 0.29) is 24.2 Å². The third-order valence-corrected chi connectivity index (χ3v) is 5.10. The number of hydrogen-bond donors (Lipinski definition) is 3. The Morgan fingerprint density at radius 1 is 0.963 bits per heavy atom. The minimum atomic E-state index is -0.0690. The first kappa shape index (κ1) is 19.1. The summed E-state index contributed by atoms with van der Waals surface area (Å²) in [5.74, 6) is 0.101. The third kappa shape index (κ3) is 5.41. The van der Waals surface area contributed by atoms with E-state index in [0.29, 0.717) is 13.1 Å². The van der Waals surface area contributed by atoms with Crippen LogP contribution in [-0.4, -0.2) is 11.8 Å². The smallest absolute Gasteiger partial charge is 0.227 e. The number of carbonyl (C=O) groups is 2. The first-order valence-corrected chi connectivity index (χ1v) is 9.59. The summed E-state index contributed by atoms with van der Waals surface area (Å²) in [5.41, 5.74) is 9.26. The third-order valence-electron chi connectivity index (χ3n) is 5.10. The van der Waals surface area contributed by atoms with Crippen LogP contribution in [0.2, 0.25) is 0 Å². The van der Waals surface area contributed by atoms with Crippen molar-refractivity contribution in [3.63, 3.8) is 0 Å². The molecule has 2 aromatic rings. The Morgan fingerprint density at radius 2 is 1.63 bits per heavy atom. The van der Waals surface area contributed by atoms with Crippen LogP contribution in [0.4, 0.5) is 5.69 Å². The number of rotatable bonds is 7. The van der Waals surface area contributed by atoms with Gasteiger partial charge in [-0.1, -0.05) is 55.3 Å². The van der Waals surface area contributed by atoms with Crippen molar-refractivity contribution in [3.8, 4) is 0 Å². The van der Waals surface area contributed by atoms with Gasteiger partial charge in [-0.2, -0.15) is 0 Å². The summed E-state index contributed by atoms with van der Waals surface area (Å²) in [6.07, 6.45) is 4.39. The number of carbonyl (C=O) groups excluding carboxylic acids is 2. The quantitative estimate of drug-likeness (QED) is 0.705. The van der Waals surface area contributed by atoms with Crippen LogP contribution in [-0.2, 0) is 29.1 Å². The van der Waals surface area contributed by atoms with Gasteiger partial charge >= 0.3 is 0 Å². The Labute approximate surface area is 160 Å². The van der Waals surface area contributed by atoms with Gasteiger partial charge in [-0.15, -0.1) is 0 Å². The van der Waals surface area contributed by atoms with Gasteiger partial charge in [0, 0.05) is 24.7 Å². The number of benzene rings is 2. The van der Waals surface area contributed by atoms with Crippen molar-refractivity contribution in [2.24, 2.45) is 11.7 Å². The molecule has 1 aliphatic carbocycles. The molecular formula is C22H27N3O2. The Balaban J connectivity index is 1.56. The summed E-state index contributed by atoms with van der Waals surface area (Å²) in [4.78, 5) is 24.8. The largest absolute Gasteiger partial charge is 0.352 e. The highest BCUT2D eigenvalue weighted by molar-refractivity contribution is 5.94. The highest BCUT2D eigenvalue weighted by atomic mass is 16.2. The van der Waals surface area contributed by atoms with Crippen LogP contribution < -0.4 is 16.4 Å².